The lowest BCUT2D eigenvalue weighted by Gasteiger charge is -2.10. The van der Waals surface area contributed by atoms with Gasteiger partial charge in [-0.2, -0.15) is 9.78 Å². The molecule has 3 aromatic rings. The monoisotopic (exact) mass is 347 g/mol. The number of nitrogens with zero attached hydrogens (tertiary/aromatic N) is 2. The van der Waals surface area contributed by atoms with Crippen LogP contribution in [0.25, 0.3) is 16.8 Å². The standard InChI is InChI=1S/C21H21N3O2/c1-13-3-11-18(12-4-13)24-21(26-14(2)25)19(20(23-24)16-5-6-16)15-7-9-17(22)10-8-15/h3-4,7-12,16H,5-6,22H2,1-2H3. The minimum atomic E-state index is -0.364. The smallest absolute Gasteiger partial charge is 0.309 e. The third-order valence-electron chi connectivity index (χ3n) is 4.55. The van der Waals surface area contributed by atoms with Gasteiger partial charge in [-0.1, -0.05) is 29.8 Å². The molecule has 5 heteroatoms. The first kappa shape index (κ1) is 16.4. The largest absolute Gasteiger partial charge is 0.407 e. The molecule has 0 aliphatic heterocycles. The van der Waals surface area contributed by atoms with Gasteiger partial charge in [-0.15, -0.1) is 0 Å². The maximum absolute atomic E-state index is 11.8. The Kier molecular flexibility index (Phi) is 3.99. The number of esters is 1. The van der Waals surface area contributed by atoms with Gasteiger partial charge in [0, 0.05) is 18.5 Å². The average Bonchev–Trinajstić information content (AvgIpc) is 3.39. The predicted molar refractivity (Wildman–Crippen MR) is 101 cm³/mol. The van der Waals surface area contributed by atoms with Crippen LogP contribution in [0.3, 0.4) is 0 Å². The van der Waals surface area contributed by atoms with Crippen molar-refractivity contribution < 1.29 is 9.53 Å². The number of nitrogens with two attached hydrogens (primary N) is 1. The van der Waals surface area contributed by atoms with Gasteiger partial charge in [0.1, 0.15) is 0 Å². The predicted octanol–water partition coefficient (Wildman–Crippen LogP) is 4.23. The van der Waals surface area contributed by atoms with Crippen LogP contribution in [0.4, 0.5) is 5.69 Å². The van der Waals surface area contributed by atoms with E-state index >= 15 is 0 Å². The summed E-state index contributed by atoms with van der Waals surface area (Å²) in [5, 5.41) is 4.83. The number of aromatic nitrogens is 2. The third kappa shape index (κ3) is 3.08. The fourth-order valence-electron chi connectivity index (χ4n) is 3.07. The second-order valence-electron chi connectivity index (χ2n) is 6.80. The Bertz CT molecular complexity index is 952. The molecule has 5 nitrogen and oxygen atoms in total. The Morgan fingerprint density at radius 2 is 1.77 bits per heavy atom. The van der Waals surface area contributed by atoms with Crippen molar-refractivity contribution in [3.8, 4) is 22.7 Å². The van der Waals surface area contributed by atoms with Crippen molar-refractivity contribution in [1.82, 2.24) is 9.78 Å². The topological polar surface area (TPSA) is 70.1 Å². The number of aryl methyl sites for hydroxylation is 1. The molecule has 0 radical (unpaired) electrons. The lowest BCUT2D eigenvalue weighted by Crippen LogP contribution is -2.08. The van der Waals surface area contributed by atoms with E-state index in [2.05, 4.69) is 0 Å². The van der Waals surface area contributed by atoms with Gasteiger partial charge >= 0.3 is 5.97 Å². The Morgan fingerprint density at radius 3 is 2.35 bits per heavy atom. The van der Waals surface area contributed by atoms with E-state index in [0.717, 1.165) is 40.9 Å². The number of nitrogen functional groups attached to an aromatic ring is 1. The van der Waals surface area contributed by atoms with E-state index < -0.39 is 0 Å². The molecule has 1 heterocycles. The van der Waals surface area contributed by atoms with E-state index in [9.17, 15) is 4.79 Å². The van der Waals surface area contributed by atoms with E-state index in [4.69, 9.17) is 15.6 Å². The summed E-state index contributed by atoms with van der Waals surface area (Å²) in [7, 11) is 0. The van der Waals surface area contributed by atoms with Crippen LogP contribution in [0.1, 0.15) is 36.9 Å². The zero-order chi connectivity index (χ0) is 18.3. The van der Waals surface area contributed by atoms with E-state index in [1.54, 1.807) is 4.68 Å². The van der Waals surface area contributed by atoms with Crippen molar-refractivity contribution in [2.75, 3.05) is 5.73 Å². The van der Waals surface area contributed by atoms with Crippen LogP contribution in [0.15, 0.2) is 48.5 Å². The highest BCUT2D eigenvalue weighted by Gasteiger charge is 2.34. The van der Waals surface area contributed by atoms with Crippen LogP contribution >= 0.6 is 0 Å². The van der Waals surface area contributed by atoms with Gasteiger partial charge in [-0.05, 0) is 49.6 Å². The SMILES string of the molecule is CC(=O)Oc1c(-c2ccc(N)cc2)c(C2CC2)nn1-c1ccc(C)cc1. The molecule has 1 fully saturated rings. The summed E-state index contributed by atoms with van der Waals surface area (Å²) in [4.78, 5) is 11.8. The van der Waals surface area contributed by atoms with Crippen LogP contribution in [-0.2, 0) is 4.79 Å². The molecular weight excluding hydrogens is 326 g/mol. The Hall–Kier alpha value is -3.08. The fraction of sp³-hybridized carbons (Fsp3) is 0.238. The van der Waals surface area contributed by atoms with Crippen molar-refractivity contribution in [3.05, 3.63) is 59.8 Å². The molecule has 26 heavy (non-hydrogen) atoms. The quantitative estimate of drug-likeness (QED) is 0.566. The molecule has 0 atom stereocenters. The molecule has 1 aromatic heterocycles. The number of hydrogen-bond acceptors (Lipinski definition) is 4. The number of anilines is 1. The minimum absolute atomic E-state index is 0.364. The number of ether oxygens (including phenoxy) is 1. The highest BCUT2D eigenvalue weighted by atomic mass is 16.5. The first-order valence-corrected chi connectivity index (χ1v) is 8.77. The summed E-state index contributed by atoms with van der Waals surface area (Å²) >= 11 is 0. The van der Waals surface area contributed by atoms with Crippen molar-refractivity contribution in [3.63, 3.8) is 0 Å². The second-order valence-corrected chi connectivity index (χ2v) is 6.80. The third-order valence-corrected chi connectivity index (χ3v) is 4.55. The Morgan fingerprint density at radius 1 is 1.12 bits per heavy atom. The Labute approximate surface area is 152 Å². The van der Waals surface area contributed by atoms with Crippen molar-refractivity contribution in [1.29, 1.82) is 0 Å². The number of carbonyl (C=O) groups excluding carboxylic acids is 1. The molecule has 1 saturated carbocycles. The summed E-state index contributed by atoms with van der Waals surface area (Å²) in [5.41, 5.74) is 11.4. The molecule has 1 aliphatic rings. The zero-order valence-corrected chi connectivity index (χ0v) is 14.9. The van der Waals surface area contributed by atoms with Gasteiger partial charge in [0.2, 0.25) is 5.88 Å². The van der Waals surface area contributed by atoms with Crippen LogP contribution in [0.2, 0.25) is 0 Å². The summed E-state index contributed by atoms with van der Waals surface area (Å²) < 4.78 is 7.37. The van der Waals surface area contributed by atoms with Gasteiger partial charge in [0.25, 0.3) is 0 Å². The number of rotatable bonds is 4. The van der Waals surface area contributed by atoms with Gasteiger partial charge < -0.3 is 10.5 Å². The minimum Gasteiger partial charge on any atom is -0.407 e. The summed E-state index contributed by atoms with van der Waals surface area (Å²) in [6.45, 7) is 3.45. The maximum atomic E-state index is 11.8. The van der Waals surface area contributed by atoms with Gasteiger partial charge in [-0.25, -0.2) is 0 Å². The maximum Gasteiger partial charge on any atom is 0.309 e. The molecule has 0 spiro atoms. The molecule has 0 saturated heterocycles. The molecule has 132 valence electrons. The van der Waals surface area contributed by atoms with Crippen LogP contribution in [-0.4, -0.2) is 15.7 Å². The lowest BCUT2D eigenvalue weighted by molar-refractivity contribution is -0.132. The lowest BCUT2D eigenvalue weighted by atomic mass is 10.0. The summed E-state index contributed by atoms with van der Waals surface area (Å²) in [6.07, 6.45) is 2.21. The molecule has 2 aromatic carbocycles. The molecule has 0 amide bonds. The van der Waals surface area contributed by atoms with Gasteiger partial charge in [0.05, 0.1) is 16.9 Å². The van der Waals surface area contributed by atoms with E-state index in [1.807, 2.05) is 55.5 Å². The van der Waals surface area contributed by atoms with Crippen molar-refractivity contribution in [2.45, 2.75) is 32.6 Å². The first-order chi connectivity index (χ1) is 12.5. The van der Waals surface area contributed by atoms with E-state index in [-0.39, 0.29) is 5.97 Å². The molecule has 1 aliphatic carbocycles. The van der Waals surface area contributed by atoms with Gasteiger partial charge in [-0.3, -0.25) is 4.79 Å². The van der Waals surface area contributed by atoms with Crippen LogP contribution < -0.4 is 10.5 Å². The highest BCUT2D eigenvalue weighted by Crippen LogP contribution is 2.47. The normalized spacial score (nSPS) is 13.6. The average molecular weight is 347 g/mol. The number of hydrogen-bond donors (Lipinski definition) is 1. The van der Waals surface area contributed by atoms with Crippen LogP contribution in [0.5, 0.6) is 5.88 Å². The molecule has 0 unspecified atom stereocenters. The molecule has 2 N–H and O–H groups in total. The fourth-order valence-corrected chi connectivity index (χ4v) is 3.07. The zero-order valence-electron chi connectivity index (χ0n) is 14.9. The van der Waals surface area contributed by atoms with Gasteiger partial charge in [0.15, 0.2) is 0 Å². The van der Waals surface area contributed by atoms with Crippen molar-refractivity contribution >= 4 is 11.7 Å². The summed E-state index contributed by atoms with van der Waals surface area (Å²) in [6, 6.07) is 15.6. The van der Waals surface area contributed by atoms with Crippen molar-refractivity contribution in [2.24, 2.45) is 0 Å². The van der Waals surface area contributed by atoms with E-state index in [1.165, 1.54) is 6.92 Å². The first-order valence-electron chi connectivity index (χ1n) is 8.77. The highest BCUT2D eigenvalue weighted by molar-refractivity contribution is 5.79. The number of carbonyl (C=O) groups is 1. The number of benzene rings is 2. The van der Waals surface area contributed by atoms with Crippen LogP contribution in [0, 0.1) is 6.92 Å². The second kappa shape index (κ2) is 6.33. The summed E-state index contributed by atoms with van der Waals surface area (Å²) in [5.74, 6) is 0.508. The van der Waals surface area contributed by atoms with E-state index in [0.29, 0.717) is 17.5 Å². The molecule has 4 rings (SSSR count). The molecular formula is C21H21N3O2. The Balaban J connectivity index is 1.94. The molecule has 0 bridgehead atoms.